The Morgan fingerprint density at radius 2 is 1.93 bits per heavy atom. The van der Waals surface area contributed by atoms with Crippen LogP contribution in [0, 0.1) is 0 Å². The summed E-state index contributed by atoms with van der Waals surface area (Å²) in [6, 6.07) is 15.3. The number of rotatable bonds is 5. The van der Waals surface area contributed by atoms with E-state index in [1.54, 1.807) is 23.0 Å². The SMILES string of the molecule is OB(O)c1cccc2c1cnn2-c1nc2c(c(NCc3ccccc3)n1)OCCC2. The van der Waals surface area contributed by atoms with Gasteiger partial charge in [0, 0.05) is 11.9 Å². The minimum absolute atomic E-state index is 0.391. The van der Waals surface area contributed by atoms with Crippen LogP contribution in [0.25, 0.3) is 16.9 Å². The van der Waals surface area contributed by atoms with Crippen molar-refractivity contribution in [1.82, 2.24) is 19.7 Å². The first-order valence-corrected chi connectivity index (χ1v) is 9.85. The highest BCUT2D eigenvalue weighted by Crippen LogP contribution is 2.32. The van der Waals surface area contributed by atoms with E-state index in [0.29, 0.717) is 47.0 Å². The number of aromatic nitrogens is 4. The number of hydrogen-bond acceptors (Lipinski definition) is 7. The van der Waals surface area contributed by atoms with Gasteiger partial charge < -0.3 is 20.1 Å². The van der Waals surface area contributed by atoms with Crippen LogP contribution in [-0.2, 0) is 13.0 Å². The van der Waals surface area contributed by atoms with Crippen LogP contribution in [0.5, 0.6) is 5.75 Å². The molecule has 4 aromatic rings. The number of fused-ring (bicyclic) bond motifs is 2. The van der Waals surface area contributed by atoms with Crippen LogP contribution in [0.4, 0.5) is 5.82 Å². The number of nitrogens with one attached hydrogen (secondary N) is 1. The molecule has 0 unspecified atom stereocenters. The highest BCUT2D eigenvalue weighted by Gasteiger charge is 2.22. The van der Waals surface area contributed by atoms with E-state index in [-0.39, 0.29) is 0 Å². The van der Waals surface area contributed by atoms with E-state index >= 15 is 0 Å². The molecule has 5 rings (SSSR count). The molecule has 3 N–H and O–H groups in total. The molecule has 2 aromatic carbocycles. The highest BCUT2D eigenvalue weighted by molar-refractivity contribution is 6.61. The summed E-state index contributed by atoms with van der Waals surface area (Å²) in [6.07, 6.45) is 3.29. The molecule has 0 bridgehead atoms. The average molecular weight is 401 g/mol. The zero-order valence-corrected chi connectivity index (χ0v) is 16.2. The Morgan fingerprint density at radius 1 is 1.07 bits per heavy atom. The van der Waals surface area contributed by atoms with Crippen molar-refractivity contribution in [2.24, 2.45) is 0 Å². The Kier molecular flexibility index (Phi) is 4.82. The second kappa shape index (κ2) is 7.77. The van der Waals surface area contributed by atoms with Crippen molar-refractivity contribution >= 4 is 29.3 Å². The van der Waals surface area contributed by atoms with Crippen molar-refractivity contribution in [2.45, 2.75) is 19.4 Å². The molecule has 0 spiro atoms. The molecule has 0 amide bonds. The van der Waals surface area contributed by atoms with Crippen LogP contribution in [0.15, 0.2) is 54.7 Å². The third kappa shape index (κ3) is 3.38. The van der Waals surface area contributed by atoms with Crippen molar-refractivity contribution in [3.8, 4) is 11.7 Å². The minimum atomic E-state index is -1.58. The van der Waals surface area contributed by atoms with Crippen LogP contribution in [0.3, 0.4) is 0 Å². The van der Waals surface area contributed by atoms with Gasteiger partial charge in [0.05, 0.1) is 24.0 Å². The minimum Gasteiger partial charge on any atom is -0.488 e. The number of ether oxygens (including phenoxy) is 1. The van der Waals surface area contributed by atoms with Crippen molar-refractivity contribution in [2.75, 3.05) is 11.9 Å². The fourth-order valence-corrected chi connectivity index (χ4v) is 3.67. The average Bonchev–Trinajstić information content (AvgIpc) is 3.22. The van der Waals surface area contributed by atoms with E-state index in [4.69, 9.17) is 14.7 Å². The molecule has 0 saturated heterocycles. The van der Waals surface area contributed by atoms with Gasteiger partial charge >= 0.3 is 7.12 Å². The summed E-state index contributed by atoms with van der Waals surface area (Å²) in [6.45, 7) is 1.24. The van der Waals surface area contributed by atoms with Gasteiger partial charge in [-0.1, -0.05) is 42.5 Å². The molecule has 9 heteroatoms. The highest BCUT2D eigenvalue weighted by atomic mass is 16.5. The lowest BCUT2D eigenvalue weighted by Gasteiger charge is -2.20. The quantitative estimate of drug-likeness (QED) is 0.435. The first kappa shape index (κ1) is 18.6. The number of aryl methyl sites for hydroxylation is 1. The summed E-state index contributed by atoms with van der Waals surface area (Å²) in [5.74, 6) is 1.72. The zero-order chi connectivity index (χ0) is 20.5. The van der Waals surface area contributed by atoms with Crippen LogP contribution in [0.1, 0.15) is 17.7 Å². The maximum atomic E-state index is 9.64. The van der Waals surface area contributed by atoms with Gasteiger partial charge in [0.2, 0.25) is 0 Å². The molecule has 2 aromatic heterocycles. The molecule has 3 heterocycles. The first-order valence-electron chi connectivity index (χ1n) is 9.85. The third-order valence-electron chi connectivity index (χ3n) is 5.15. The molecule has 30 heavy (non-hydrogen) atoms. The molecular weight excluding hydrogens is 381 g/mol. The van der Waals surface area contributed by atoms with E-state index < -0.39 is 7.12 Å². The number of anilines is 1. The smallest absolute Gasteiger partial charge is 0.488 e. The van der Waals surface area contributed by atoms with Crippen molar-refractivity contribution < 1.29 is 14.8 Å². The topological polar surface area (TPSA) is 105 Å². The Labute approximate surface area is 173 Å². The summed E-state index contributed by atoms with van der Waals surface area (Å²) < 4.78 is 7.49. The van der Waals surface area contributed by atoms with Crippen LogP contribution in [0.2, 0.25) is 0 Å². The van der Waals surface area contributed by atoms with Gasteiger partial charge in [-0.2, -0.15) is 14.8 Å². The number of nitrogens with zero attached hydrogens (tertiary/aromatic N) is 4. The second-order valence-corrected chi connectivity index (χ2v) is 7.15. The summed E-state index contributed by atoms with van der Waals surface area (Å²) in [4.78, 5) is 9.39. The van der Waals surface area contributed by atoms with Crippen LogP contribution in [-0.4, -0.2) is 43.5 Å². The Balaban J connectivity index is 1.58. The Bertz CT molecular complexity index is 1200. The standard InChI is InChI=1S/C21H20BN5O3/c28-22(29)16-8-4-10-18-15(16)13-24-27(18)21-25-17-9-5-11-30-19(17)20(26-21)23-12-14-6-2-1-3-7-14/h1-4,6-8,10,13,28-29H,5,9,11-12H2,(H,23,25,26). The summed E-state index contributed by atoms with van der Waals surface area (Å²) >= 11 is 0. The molecule has 0 aliphatic carbocycles. The van der Waals surface area contributed by atoms with E-state index in [1.165, 1.54) is 0 Å². The number of benzene rings is 2. The maximum absolute atomic E-state index is 9.64. The zero-order valence-electron chi connectivity index (χ0n) is 16.2. The Hall–Kier alpha value is -3.43. The first-order chi connectivity index (χ1) is 14.7. The monoisotopic (exact) mass is 401 g/mol. The molecule has 150 valence electrons. The van der Waals surface area contributed by atoms with Gasteiger partial charge in [-0.05, 0) is 29.9 Å². The predicted molar refractivity (Wildman–Crippen MR) is 114 cm³/mol. The molecular formula is C21H20BN5O3. The summed E-state index contributed by atoms with van der Waals surface area (Å²) in [5.41, 5.74) is 3.06. The molecule has 0 fully saturated rings. The normalized spacial score (nSPS) is 13.0. The van der Waals surface area contributed by atoms with Crippen LogP contribution >= 0.6 is 0 Å². The lowest BCUT2D eigenvalue weighted by atomic mass is 9.78. The molecule has 8 nitrogen and oxygen atoms in total. The molecule has 0 atom stereocenters. The van der Waals surface area contributed by atoms with E-state index in [1.807, 2.05) is 36.4 Å². The van der Waals surface area contributed by atoms with Crippen molar-refractivity contribution in [3.05, 3.63) is 66.0 Å². The molecule has 1 aliphatic rings. The molecule has 0 saturated carbocycles. The van der Waals surface area contributed by atoms with E-state index in [2.05, 4.69) is 10.4 Å². The fourth-order valence-electron chi connectivity index (χ4n) is 3.67. The van der Waals surface area contributed by atoms with Gasteiger partial charge in [-0.25, -0.2) is 4.98 Å². The molecule has 0 radical (unpaired) electrons. The summed E-state index contributed by atoms with van der Waals surface area (Å²) in [7, 11) is -1.58. The largest absolute Gasteiger partial charge is 0.489 e. The third-order valence-corrected chi connectivity index (χ3v) is 5.15. The van der Waals surface area contributed by atoms with Crippen molar-refractivity contribution in [1.29, 1.82) is 0 Å². The van der Waals surface area contributed by atoms with Crippen LogP contribution < -0.4 is 15.5 Å². The Morgan fingerprint density at radius 3 is 2.77 bits per heavy atom. The van der Waals surface area contributed by atoms with Crippen molar-refractivity contribution in [3.63, 3.8) is 0 Å². The van der Waals surface area contributed by atoms with Gasteiger partial charge in [0.25, 0.3) is 5.95 Å². The van der Waals surface area contributed by atoms with Gasteiger partial charge in [0.15, 0.2) is 11.6 Å². The maximum Gasteiger partial charge on any atom is 0.489 e. The lowest BCUT2D eigenvalue weighted by Crippen LogP contribution is -2.30. The second-order valence-electron chi connectivity index (χ2n) is 7.15. The van der Waals surface area contributed by atoms with Gasteiger partial charge in [-0.15, -0.1) is 0 Å². The summed E-state index contributed by atoms with van der Waals surface area (Å²) in [5, 5.41) is 27.7. The van der Waals surface area contributed by atoms with Gasteiger partial charge in [0.1, 0.15) is 0 Å². The fraction of sp³-hybridized carbons (Fsp3) is 0.190. The number of hydrogen-bond donors (Lipinski definition) is 3. The van der Waals surface area contributed by atoms with Gasteiger partial charge in [-0.3, -0.25) is 0 Å². The van der Waals surface area contributed by atoms with E-state index in [9.17, 15) is 10.0 Å². The van der Waals surface area contributed by atoms with E-state index in [0.717, 1.165) is 24.1 Å². The predicted octanol–water partition coefficient (Wildman–Crippen LogP) is 1.43. The molecule has 1 aliphatic heterocycles. The lowest BCUT2D eigenvalue weighted by molar-refractivity contribution is 0.284.